The fraction of sp³-hybridized carbons (Fsp3) is 0.643. The van der Waals surface area contributed by atoms with Crippen LogP contribution < -0.4 is 14.5 Å². The van der Waals surface area contributed by atoms with Gasteiger partial charge in [0.25, 0.3) is 0 Å². The van der Waals surface area contributed by atoms with Crippen LogP contribution in [-0.4, -0.2) is 63.4 Å². The molecule has 0 aliphatic carbocycles. The van der Waals surface area contributed by atoms with Crippen molar-refractivity contribution in [3.05, 3.63) is 18.2 Å². The van der Waals surface area contributed by atoms with Gasteiger partial charge in [-0.25, -0.2) is 19.2 Å². The molecular weight excluding hydrogens is 536 g/mol. The molecule has 1 aromatic rings. The molecule has 4 amide bonds. The second-order valence-corrected chi connectivity index (χ2v) is 12.8. The Bertz CT molecular complexity index is 1000. The summed E-state index contributed by atoms with van der Waals surface area (Å²) >= 11 is 0. The predicted octanol–water partition coefficient (Wildman–Crippen LogP) is 6.78. The molecule has 0 saturated carbocycles. The van der Waals surface area contributed by atoms with Gasteiger partial charge < -0.3 is 23.7 Å². The number of carbonyl (C=O) groups excluding carboxylic acids is 4. The summed E-state index contributed by atoms with van der Waals surface area (Å²) in [7, 11) is 0. The lowest BCUT2D eigenvalue weighted by Crippen LogP contribution is -2.46. The first kappa shape index (κ1) is 35.1. The summed E-state index contributed by atoms with van der Waals surface area (Å²) in [6, 6.07) is 1.17. The molecule has 13 nitrogen and oxygen atoms in total. The zero-order valence-corrected chi connectivity index (χ0v) is 26.4. The van der Waals surface area contributed by atoms with E-state index in [2.05, 4.69) is 9.97 Å². The minimum Gasteiger partial charge on any atom is -0.473 e. The Balaban J connectivity index is 3.94. The van der Waals surface area contributed by atoms with Crippen molar-refractivity contribution >= 4 is 36.1 Å². The fourth-order valence-electron chi connectivity index (χ4n) is 2.65. The molecule has 0 unspecified atom stereocenters. The van der Waals surface area contributed by atoms with Crippen LogP contribution in [-0.2, 0) is 18.9 Å². The van der Waals surface area contributed by atoms with Gasteiger partial charge in [-0.05, 0) is 90.0 Å². The maximum absolute atomic E-state index is 13.3. The van der Waals surface area contributed by atoms with Crippen LogP contribution in [0.5, 0.6) is 5.88 Å². The molecule has 0 aliphatic heterocycles. The smallest absolute Gasteiger partial charge is 0.427 e. The molecule has 0 fully saturated rings. The number of hydrogen-bond donors (Lipinski definition) is 0. The minimum atomic E-state index is -1.16. The van der Waals surface area contributed by atoms with Crippen LogP contribution >= 0.6 is 0 Å². The third kappa shape index (κ3) is 12.9. The maximum atomic E-state index is 13.3. The first-order valence-corrected chi connectivity index (χ1v) is 13.1. The minimum absolute atomic E-state index is 0.0319. The van der Waals surface area contributed by atoms with E-state index in [-0.39, 0.29) is 12.5 Å². The average Bonchev–Trinajstić information content (AvgIpc) is 2.68. The van der Waals surface area contributed by atoms with E-state index < -0.39 is 58.5 Å². The lowest BCUT2D eigenvalue weighted by atomic mass is 10.2. The third-order valence-corrected chi connectivity index (χ3v) is 3.97. The SMILES string of the molecule is CC=CCOc1cc(N(C(=O)OC(C)(C)C)C(=O)OC(C)(C)C)nc(N(C(=O)OC(C)(C)C)C(=O)OC(C)(C)C)n1. The van der Waals surface area contributed by atoms with E-state index in [1.807, 2.05) is 0 Å². The first-order chi connectivity index (χ1) is 18.4. The number of aromatic nitrogens is 2. The average molecular weight is 581 g/mol. The van der Waals surface area contributed by atoms with Gasteiger partial charge in [-0.1, -0.05) is 12.2 Å². The number of anilines is 2. The molecule has 1 rings (SSSR count). The lowest BCUT2D eigenvalue weighted by molar-refractivity contribution is 0.0410. The monoisotopic (exact) mass is 580 g/mol. The normalized spacial score (nSPS) is 12.4. The van der Waals surface area contributed by atoms with Gasteiger partial charge in [-0.15, -0.1) is 4.90 Å². The molecule has 0 aromatic carbocycles. The molecule has 0 N–H and O–H groups in total. The molecule has 0 atom stereocenters. The van der Waals surface area contributed by atoms with E-state index in [4.69, 9.17) is 23.7 Å². The quantitative estimate of drug-likeness (QED) is 0.268. The molecular formula is C28H44N4O9. The Kier molecular flexibility index (Phi) is 11.3. The summed E-state index contributed by atoms with van der Waals surface area (Å²) < 4.78 is 27.3. The van der Waals surface area contributed by atoms with Gasteiger partial charge in [0.15, 0.2) is 5.82 Å². The van der Waals surface area contributed by atoms with Crippen molar-refractivity contribution < 1.29 is 42.9 Å². The van der Waals surface area contributed by atoms with Crippen LogP contribution in [0.2, 0.25) is 0 Å². The molecule has 0 bridgehead atoms. The molecule has 0 radical (unpaired) electrons. The van der Waals surface area contributed by atoms with E-state index in [0.717, 1.165) is 0 Å². The number of nitrogens with zero attached hydrogens (tertiary/aromatic N) is 4. The van der Waals surface area contributed by atoms with Crippen LogP contribution in [0.1, 0.15) is 90.0 Å². The van der Waals surface area contributed by atoms with E-state index >= 15 is 0 Å². The van der Waals surface area contributed by atoms with E-state index in [1.165, 1.54) is 6.07 Å². The van der Waals surface area contributed by atoms with Gasteiger partial charge in [0.2, 0.25) is 11.8 Å². The van der Waals surface area contributed by atoms with Crippen molar-refractivity contribution in [1.82, 2.24) is 9.97 Å². The fourth-order valence-corrected chi connectivity index (χ4v) is 2.65. The Labute approximate surface area is 242 Å². The van der Waals surface area contributed by atoms with Gasteiger partial charge in [-0.2, -0.15) is 14.9 Å². The second-order valence-electron chi connectivity index (χ2n) is 12.8. The molecule has 0 spiro atoms. The molecule has 0 saturated heterocycles. The Morgan fingerprint density at radius 1 is 0.659 bits per heavy atom. The summed E-state index contributed by atoms with van der Waals surface area (Å²) in [5.41, 5.74) is -4.03. The van der Waals surface area contributed by atoms with Crippen LogP contribution in [0.15, 0.2) is 18.2 Å². The number of imide groups is 2. The van der Waals surface area contributed by atoms with Crippen molar-refractivity contribution in [3.8, 4) is 5.88 Å². The van der Waals surface area contributed by atoms with E-state index in [1.54, 1.807) is 102 Å². The molecule has 0 aliphatic rings. The number of carbonyl (C=O) groups is 4. The largest absolute Gasteiger partial charge is 0.473 e. The molecule has 41 heavy (non-hydrogen) atoms. The highest BCUT2D eigenvalue weighted by Gasteiger charge is 2.38. The number of ether oxygens (including phenoxy) is 5. The highest BCUT2D eigenvalue weighted by molar-refractivity contribution is 6.10. The zero-order chi connectivity index (χ0) is 32.0. The summed E-state index contributed by atoms with van der Waals surface area (Å²) in [6.45, 7) is 21.1. The first-order valence-electron chi connectivity index (χ1n) is 13.1. The zero-order valence-electron chi connectivity index (χ0n) is 26.4. The number of rotatable bonds is 5. The van der Waals surface area contributed by atoms with Gasteiger partial charge in [0.1, 0.15) is 29.0 Å². The molecule has 13 heteroatoms. The highest BCUT2D eigenvalue weighted by Crippen LogP contribution is 2.28. The van der Waals surface area contributed by atoms with Gasteiger partial charge in [0, 0.05) is 6.07 Å². The highest BCUT2D eigenvalue weighted by atomic mass is 16.6. The van der Waals surface area contributed by atoms with Crippen molar-refractivity contribution in [1.29, 1.82) is 0 Å². The topological polar surface area (TPSA) is 147 Å². The van der Waals surface area contributed by atoms with Crippen molar-refractivity contribution in [2.75, 3.05) is 16.4 Å². The van der Waals surface area contributed by atoms with Gasteiger partial charge >= 0.3 is 24.4 Å². The number of allylic oxidation sites excluding steroid dienone is 1. The van der Waals surface area contributed by atoms with Gasteiger partial charge in [-0.3, -0.25) is 0 Å². The summed E-state index contributed by atoms with van der Waals surface area (Å²) in [6.07, 6.45) is -1.19. The molecule has 1 heterocycles. The van der Waals surface area contributed by atoms with E-state index in [0.29, 0.717) is 9.80 Å². The Morgan fingerprint density at radius 2 is 1.02 bits per heavy atom. The lowest BCUT2D eigenvalue weighted by Gasteiger charge is -2.29. The van der Waals surface area contributed by atoms with Crippen LogP contribution in [0.4, 0.5) is 30.9 Å². The maximum Gasteiger partial charge on any atom is 0.427 e. The Hall–Kier alpha value is -3.90. The van der Waals surface area contributed by atoms with Crippen molar-refractivity contribution in [2.24, 2.45) is 0 Å². The van der Waals surface area contributed by atoms with Crippen LogP contribution in [0.3, 0.4) is 0 Å². The third-order valence-electron chi connectivity index (χ3n) is 3.97. The van der Waals surface area contributed by atoms with Crippen molar-refractivity contribution in [3.63, 3.8) is 0 Å². The van der Waals surface area contributed by atoms with Crippen LogP contribution in [0.25, 0.3) is 0 Å². The molecule has 1 aromatic heterocycles. The summed E-state index contributed by atoms with van der Waals surface area (Å²) in [4.78, 5) is 62.4. The second kappa shape index (κ2) is 13.2. The number of hydrogen-bond acceptors (Lipinski definition) is 11. The summed E-state index contributed by atoms with van der Waals surface area (Å²) in [5.74, 6) is -1.16. The standard InChI is InChI=1S/C28H44N4O9/c1-14-15-16-37-19-17-18(31(21(33)38-25(2,3)4)22(34)39-26(5,6)7)29-20(30-19)32(23(35)40-27(8,9)10)24(36)41-28(11,12)13/h14-15,17H,16H2,1-13H3. The Morgan fingerprint density at radius 3 is 1.37 bits per heavy atom. The van der Waals surface area contributed by atoms with Gasteiger partial charge in [0.05, 0.1) is 0 Å². The van der Waals surface area contributed by atoms with E-state index in [9.17, 15) is 19.2 Å². The predicted molar refractivity (Wildman–Crippen MR) is 152 cm³/mol. The molecule has 230 valence electrons. The summed E-state index contributed by atoms with van der Waals surface area (Å²) in [5, 5.41) is 0. The van der Waals surface area contributed by atoms with Crippen molar-refractivity contribution in [2.45, 2.75) is 112 Å². The number of amides is 4. The van der Waals surface area contributed by atoms with Crippen LogP contribution in [0, 0.1) is 0 Å².